The minimum absolute atomic E-state index is 0.141. The lowest BCUT2D eigenvalue weighted by Gasteiger charge is -2.30. The number of aryl methyl sites for hydroxylation is 1. The molecule has 0 fully saturated rings. The maximum absolute atomic E-state index is 14.5. The smallest absolute Gasteiger partial charge is 0.227 e. The molecular formula is C26H34FN3O3. The lowest BCUT2D eigenvalue weighted by molar-refractivity contribution is 0.0111. The zero-order valence-electron chi connectivity index (χ0n) is 19.9. The zero-order valence-corrected chi connectivity index (χ0v) is 19.9. The number of halogens is 1. The van der Waals surface area contributed by atoms with Gasteiger partial charge in [0.15, 0.2) is 11.6 Å². The van der Waals surface area contributed by atoms with E-state index in [9.17, 15) is 9.50 Å². The first kappa shape index (κ1) is 24.9. The highest BCUT2D eigenvalue weighted by Gasteiger charge is 2.25. The Bertz CT molecular complexity index is 1010. The van der Waals surface area contributed by atoms with E-state index >= 15 is 0 Å². The highest BCUT2D eigenvalue weighted by atomic mass is 19.1. The van der Waals surface area contributed by atoms with E-state index < -0.39 is 11.9 Å². The van der Waals surface area contributed by atoms with Crippen LogP contribution in [0.2, 0.25) is 0 Å². The summed E-state index contributed by atoms with van der Waals surface area (Å²) in [5.41, 5.74) is 2.47. The molecule has 1 N–H and O–H groups in total. The van der Waals surface area contributed by atoms with Crippen LogP contribution in [-0.4, -0.2) is 51.7 Å². The molecule has 1 heterocycles. The molecule has 3 rings (SSSR count). The third-order valence-electron chi connectivity index (χ3n) is 5.72. The third-order valence-corrected chi connectivity index (χ3v) is 5.72. The topological polar surface area (TPSA) is 59.8 Å². The van der Waals surface area contributed by atoms with Gasteiger partial charge in [-0.25, -0.2) is 9.07 Å². The molecule has 33 heavy (non-hydrogen) atoms. The number of ether oxygens (including phenoxy) is 2. The summed E-state index contributed by atoms with van der Waals surface area (Å²) in [6.07, 6.45) is 0.302. The van der Waals surface area contributed by atoms with Crippen molar-refractivity contribution >= 4 is 0 Å². The number of benzene rings is 2. The average molecular weight is 456 g/mol. The monoisotopic (exact) mass is 455 g/mol. The van der Waals surface area contributed by atoms with E-state index in [0.717, 1.165) is 23.4 Å². The molecule has 0 amide bonds. The quantitative estimate of drug-likeness (QED) is 0.411. The Morgan fingerprint density at radius 1 is 1.09 bits per heavy atom. The first-order chi connectivity index (χ1) is 15.9. The minimum atomic E-state index is -0.612. The number of aliphatic hydroxyl groups excluding tert-OH is 1. The van der Waals surface area contributed by atoms with Crippen LogP contribution in [0.1, 0.15) is 38.4 Å². The van der Waals surface area contributed by atoms with Crippen LogP contribution in [0.4, 0.5) is 4.39 Å². The molecule has 1 aromatic heterocycles. The van der Waals surface area contributed by atoms with E-state index in [4.69, 9.17) is 14.6 Å². The second-order valence-electron chi connectivity index (χ2n) is 8.15. The van der Waals surface area contributed by atoms with Gasteiger partial charge >= 0.3 is 0 Å². The summed E-state index contributed by atoms with van der Waals surface area (Å²) in [7, 11) is 0. The van der Waals surface area contributed by atoms with E-state index in [1.807, 2.05) is 44.2 Å². The molecule has 0 aliphatic heterocycles. The van der Waals surface area contributed by atoms with Gasteiger partial charge in [-0.05, 0) is 51.5 Å². The van der Waals surface area contributed by atoms with Crippen molar-refractivity contribution in [3.63, 3.8) is 0 Å². The molecule has 2 aromatic carbocycles. The fraction of sp³-hybridized carbons (Fsp3) is 0.423. The maximum atomic E-state index is 14.5. The van der Waals surface area contributed by atoms with Crippen LogP contribution in [0.25, 0.3) is 5.69 Å². The molecule has 2 unspecified atom stereocenters. The summed E-state index contributed by atoms with van der Waals surface area (Å²) >= 11 is 0. The minimum Gasteiger partial charge on any atom is -0.435 e. The first-order valence-corrected chi connectivity index (χ1v) is 11.5. The van der Waals surface area contributed by atoms with Crippen LogP contribution >= 0.6 is 0 Å². The van der Waals surface area contributed by atoms with Gasteiger partial charge in [0.1, 0.15) is 0 Å². The summed E-state index contributed by atoms with van der Waals surface area (Å²) in [5, 5.41) is 15.2. The molecule has 3 aromatic rings. The van der Waals surface area contributed by atoms with E-state index in [0.29, 0.717) is 25.6 Å². The van der Waals surface area contributed by atoms with Gasteiger partial charge in [-0.15, -0.1) is 0 Å². The molecule has 2 atom stereocenters. The van der Waals surface area contributed by atoms with Crippen LogP contribution in [-0.2, 0) is 11.3 Å². The van der Waals surface area contributed by atoms with E-state index in [1.54, 1.807) is 22.9 Å². The van der Waals surface area contributed by atoms with Gasteiger partial charge in [-0.3, -0.25) is 4.90 Å². The molecular weight excluding hydrogens is 421 g/mol. The van der Waals surface area contributed by atoms with Crippen molar-refractivity contribution < 1.29 is 19.0 Å². The van der Waals surface area contributed by atoms with Crippen LogP contribution in [0.3, 0.4) is 0 Å². The van der Waals surface area contributed by atoms with Crippen molar-refractivity contribution in [3.05, 3.63) is 71.7 Å². The summed E-state index contributed by atoms with van der Waals surface area (Å²) in [4.78, 5) is 2.19. The molecule has 0 saturated heterocycles. The van der Waals surface area contributed by atoms with Crippen LogP contribution in [0, 0.1) is 12.7 Å². The van der Waals surface area contributed by atoms with Crippen molar-refractivity contribution in [3.8, 4) is 17.3 Å². The highest BCUT2D eigenvalue weighted by molar-refractivity contribution is 5.43. The maximum Gasteiger partial charge on any atom is 0.227 e. The Morgan fingerprint density at radius 3 is 2.45 bits per heavy atom. The van der Waals surface area contributed by atoms with Crippen molar-refractivity contribution in [2.75, 3.05) is 19.8 Å². The Kier molecular flexibility index (Phi) is 9.00. The van der Waals surface area contributed by atoms with Crippen LogP contribution < -0.4 is 4.74 Å². The molecule has 0 radical (unpaired) electrons. The van der Waals surface area contributed by atoms with Gasteiger partial charge in [0.05, 0.1) is 29.7 Å². The van der Waals surface area contributed by atoms with E-state index in [1.165, 1.54) is 6.07 Å². The molecule has 7 heteroatoms. The Balaban J connectivity index is 2.00. The van der Waals surface area contributed by atoms with Gasteiger partial charge in [-0.1, -0.05) is 37.3 Å². The summed E-state index contributed by atoms with van der Waals surface area (Å²) in [6.45, 7) is 9.87. The van der Waals surface area contributed by atoms with Gasteiger partial charge in [0.25, 0.3) is 0 Å². The molecule has 0 saturated carbocycles. The largest absolute Gasteiger partial charge is 0.435 e. The first-order valence-electron chi connectivity index (χ1n) is 11.5. The van der Waals surface area contributed by atoms with Gasteiger partial charge < -0.3 is 14.6 Å². The lowest BCUT2D eigenvalue weighted by atomic mass is 10.1. The molecule has 6 nitrogen and oxygen atoms in total. The fourth-order valence-corrected chi connectivity index (χ4v) is 3.64. The van der Waals surface area contributed by atoms with Crippen molar-refractivity contribution in [1.29, 1.82) is 0 Å². The third kappa shape index (κ3) is 6.41. The second-order valence-corrected chi connectivity index (χ2v) is 8.15. The zero-order chi connectivity index (χ0) is 23.8. The van der Waals surface area contributed by atoms with Crippen LogP contribution in [0.5, 0.6) is 11.6 Å². The molecule has 0 spiro atoms. The van der Waals surface area contributed by atoms with Crippen LogP contribution in [0.15, 0.2) is 54.6 Å². The Hall–Kier alpha value is -2.74. The number of hydrogen-bond donors (Lipinski definition) is 1. The fourth-order valence-electron chi connectivity index (χ4n) is 3.64. The van der Waals surface area contributed by atoms with Crippen molar-refractivity contribution in [2.24, 2.45) is 0 Å². The van der Waals surface area contributed by atoms with Gasteiger partial charge in [0.2, 0.25) is 5.88 Å². The Morgan fingerprint density at radius 2 is 1.79 bits per heavy atom. The summed E-state index contributed by atoms with van der Waals surface area (Å²) in [5.74, 6) is 0.173. The van der Waals surface area contributed by atoms with Gasteiger partial charge in [0, 0.05) is 25.7 Å². The number of rotatable bonds is 12. The molecule has 178 valence electrons. The summed E-state index contributed by atoms with van der Waals surface area (Å²) in [6, 6.07) is 16.2. The molecule has 0 aliphatic carbocycles. The number of aliphatic hydroxyl groups is 1. The number of para-hydroxylation sites is 2. The second kappa shape index (κ2) is 11.9. The number of nitrogens with zero attached hydrogens (tertiary/aromatic N) is 3. The average Bonchev–Trinajstić information content (AvgIpc) is 3.13. The normalized spacial score (nSPS) is 13.3. The summed E-state index contributed by atoms with van der Waals surface area (Å²) < 4.78 is 27.7. The predicted octanol–water partition coefficient (Wildman–Crippen LogP) is 5.11. The molecule has 0 bridgehead atoms. The highest BCUT2D eigenvalue weighted by Crippen LogP contribution is 2.33. The van der Waals surface area contributed by atoms with Crippen molar-refractivity contribution in [1.82, 2.24) is 14.7 Å². The lowest BCUT2D eigenvalue weighted by Crippen LogP contribution is -2.40. The SMILES string of the molecule is CCOCC(O)CN(Cc1c(C)nn(-c2ccccc2)c1Oc1ccccc1F)C(C)CC. The van der Waals surface area contributed by atoms with E-state index in [-0.39, 0.29) is 18.4 Å². The number of aromatic nitrogens is 2. The number of hydrogen-bond acceptors (Lipinski definition) is 5. The Labute approximate surface area is 195 Å². The van der Waals surface area contributed by atoms with E-state index in [2.05, 4.69) is 18.7 Å². The predicted molar refractivity (Wildman–Crippen MR) is 127 cm³/mol. The van der Waals surface area contributed by atoms with Crippen molar-refractivity contribution in [2.45, 2.75) is 52.8 Å². The van der Waals surface area contributed by atoms with Gasteiger partial charge in [-0.2, -0.15) is 5.10 Å². The molecule has 0 aliphatic rings. The standard InChI is InChI=1S/C26H34FN3O3/c1-5-19(3)29(16-22(31)18-32-6-2)17-23-20(4)28-30(21-12-8-7-9-13-21)26(23)33-25-15-11-10-14-24(25)27/h7-15,19,22,31H,5-6,16-18H2,1-4H3.